The van der Waals surface area contributed by atoms with Crippen LogP contribution in [-0.4, -0.2) is 187 Å². The monoisotopic (exact) mass is 2190 g/mol. The van der Waals surface area contributed by atoms with Crippen molar-refractivity contribution >= 4 is 321 Å². The number of halogens is 9. The Bertz CT molecular complexity index is 3150. The quantitative estimate of drug-likeness (QED) is 0.0227. The fourth-order valence-corrected chi connectivity index (χ4v) is 21.5. The smallest absolute Gasteiger partial charge is 0.333 e. The third kappa shape index (κ3) is 17.4. The van der Waals surface area contributed by atoms with Crippen molar-refractivity contribution in [1.29, 1.82) is 0 Å². The first-order valence-corrected chi connectivity index (χ1v) is 32.7. The molecule has 4 atom stereocenters. The van der Waals surface area contributed by atoms with Crippen LogP contribution in [0.1, 0.15) is 20.8 Å². The third-order valence-electron chi connectivity index (χ3n) is 10.9. The van der Waals surface area contributed by atoms with Gasteiger partial charge in [0.1, 0.15) is 0 Å². The summed E-state index contributed by atoms with van der Waals surface area (Å²) in [4.78, 5) is 153. The number of aliphatic hydroxyl groups excluding tert-OH is 7. The summed E-state index contributed by atoms with van der Waals surface area (Å²) in [6.45, 7) is -4.73. The Morgan fingerprint density at radius 2 is 0.845 bits per heavy atom. The average molecular weight is 2190 g/mol. The number of nitrogens with zero attached hydrogens (tertiary/aromatic N) is 6. The second-order valence-corrected chi connectivity index (χ2v) is 26.5. The Labute approximate surface area is 598 Å². The first-order chi connectivity index (χ1) is 39.4. The molecule has 4 unspecified atom stereocenters. The lowest BCUT2D eigenvalue weighted by Gasteiger charge is -2.38. The zero-order valence-electron chi connectivity index (χ0n) is 42.8. The van der Waals surface area contributed by atoms with E-state index in [0.29, 0.717) is 4.90 Å². The number of esters is 3. The molecule has 1 fully saturated rings. The minimum Gasteiger partial charge on any atom is -0.456 e. The van der Waals surface area contributed by atoms with Gasteiger partial charge in [-0.15, -0.1) is 0 Å². The third-order valence-corrected chi connectivity index (χ3v) is 20.2. The van der Waals surface area contributed by atoms with E-state index in [4.69, 9.17) is 14.2 Å². The summed E-state index contributed by atoms with van der Waals surface area (Å²) in [5.74, 6) is -6.07. The number of carbonyl (C=O) groups excluding carboxylic acids is 11. The number of carbonyl (C=O) groups is 11. The topological polar surface area (TPSA) is 413 Å². The first kappa shape index (κ1) is 74.4. The van der Waals surface area contributed by atoms with Gasteiger partial charge in [0.2, 0.25) is 25.6 Å². The minimum absolute atomic E-state index is 0.0488. The van der Waals surface area contributed by atoms with Gasteiger partial charge in [-0.05, 0) is 203 Å². The van der Waals surface area contributed by atoms with E-state index in [1.807, 2.05) is 5.32 Å². The highest BCUT2D eigenvalue weighted by atomic mass is 127. The average Bonchev–Trinajstić information content (AvgIpc) is 0.861. The van der Waals surface area contributed by atoms with Gasteiger partial charge >= 0.3 is 30.0 Å². The molecule has 458 valence electrons. The molecule has 1 saturated heterocycles. The highest BCUT2D eigenvalue weighted by Crippen LogP contribution is 2.55. The molecule has 1 heterocycles. The van der Waals surface area contributed by atoms with E-state index in [1.54, 1.807) is 203 Å². The highest BCUT2D eigenvalue weighted by molar-refractivity contribution is 14.1. The van der Waals surface area contributed by atoms with Crippen LogP contribution in [0.25, 0.3) is 0 Å². The van der Waals surface area contributed by atoms with Crippen LogP contribution >= 0.6 is 203 Å². The molecule has 10 N–H and O–H groups in total. The van der Waals surface area contributed by atoms with Crippen molar-refractivity contribution < 1.29 is 103 Å². The van der Waals surface area contributed by atoms with E-state index in [1.165, 1.54) is 0 Å². The summed E-state index contributed by atoms with van der Waals surface area (Å²) in [5.41, 5.74) is -2.42. The summed E-state index contributed by atoms with van der Waals surface area (Å²) in [7, 11) is 0. The Kier molecular flexibility index (Phi) is 29.8. The molecular formula is C45H44I9N9O21. The molecular weight excluding hydrogens is 2140 g/mol. The molecule has 0 spiro atoms. The van der Waals surface area contributed by atoms with Gasteiger partial charge in [0.15, 0.2) is 19.8 Å². The Morgan fingerprint density at radius 3 is 1.20 bits per heavy atom. The van der Waals surface area contributed by atoms with Gasteiger partial charge in [0.05, 0.1) is 141 Å². The van der Waals surface area contributed by atoms with Crippen molar-refractivity contribution in [3.05, 3.63) is 32.1 Å². The van der Waals surface area contributed by atoms with Gasteiger partial charge in [0.25, 0.3) is 17.7 Å². The van der Waals surface area contributed by atoms with Gasteiger partial charge in [-0.2, -0.15) is 0 Å². The van der Waals surface area contributed by atoms with Crippen LogP contribution in [0.2, 0.25) is 0 Å². The maximum atomic E-state index is 15.6. The number of hydrogen-bond donors (Lipinski definition) is 10. The molecule has 0 radical (unpaired) electrons. The second kappa shape index (κ2) is 33.7. The highest BCUT2D eigenvalue weighted by Gasteiger charge is 2.43. The van der Waals surface area contributed by atoms with Crippen molar-refractivity contribution in [2.75, 3.05) is 94.0 Å². The molecule has 0 aliphatic carbocycles. The van der Waals surface area contributed by atoms with Crippen molar-refractivity contribution in [2.24, 2.45) is 0 Å². The minimum atomic E-state index is -2.17. The van der Waals surface area contributed by atoms with Crippen LogP contribution in [0.3, 0.4) is 0 Å². The molecule has 1 aliphatic heterocycles. The molecule has 30 nitrogen and oxygen atoms in total. The normalized spacial score (nSPS) is 14.0. The number of aliphatic hydroxyl groups is 7. The molecule has 84 heavy (non-hydrogen) atoms. The predicted octanol–water partition coefficient (Wildman–Crippen LogP) is 2.55. The Hall–Kier alpha value is -2.08. The van der Waals surface area contributed by atoms with E-state index in [9.17, 15) is 78.9 Å². The Balaban J connectivity index is 2.54. The van der Waals surface area contributed by atoms with E-state index in [2.05, 4.69) is 10.6 Å². The number of nitrogens with one attached hydrogen (secondary N) is 3. The summed E-state index contributed by atoms with van der Waals surface area (Å²) in [6, 6.07) is -2.38. The zero-order chi connectivity index (χ0) is 63.5. The lowest BCUT2D eigenvalue weighted by atomic mass is 10.1. The maximum Gasteiger partial charge on any atom is 0.333 e. The van der Waals surface area contributed by atoms with E-state index in [0.717, 1.165) is 45.3 Å². The maximum absolute atomic E-state index is 15.6. The van der Waals surface area contributed by atoms with Crippen LogP contribution in [0, 0.1) is 32.1 Å². The molecule has 0 saturated carbocycles. The van der Waals surface area contributed by atoms with Gasteiger partial charge in [-0.3, -0.25) is 63.6 Å². The summed E-state index contributed by atoms with van der Waals surface area (Å²) < 4.78 is 14.7. The van der Waals surface area contributed by atoms with Crippen LogP contribution in [0.5, 0.6) is 0 Å². The predicted molar refractivity (Wildman–Crippen MR) is 372 cm³/mol. The largest absolute Gasteiger partial charge is 0.456 e. The van der Waals surface area contributed by atoms with Gasteiger partial charge < -0.3 is 70.0 Å². The SMILES string of the molecule is CC(=O)OCC(=O)Nc1c(I)c(N(C=O)CC(O)CO)c(I)c(N(C(=O)COC(C)=O)c2c(I)c(N(C=O)CC(O)CO)c(I)c(N(C(=O)COC(C)=O)c3c(I)c(N(C=O)CC(O)CO)c(I)c(N4C(=O)NC(=O)NC4O)c3I)c2I)c1I. The number of ether oxygens (including phenoxy) is 3. The number of benzene rings is 3. The number of amides is 10. The molecule has 0 bridgehead atoms. The second-order valence-electron chi connectivity index (χ2n) is 16.8. The fourth-order valence-electron chi connectivity index (χ4n) is 7.40. The van der Waals surface area contributed by atoms with Crippen molar-refractivity contribution in [1.82, 2.24) is 10.6 Å². The van der Waals surface area contributed by atoms with E-state index in [-0.39, 0.29) is 103 Å². The molecule has 3 aromatic carbocycles. The number of urea groups is 2. The van der Waals surface area contributed by atoms with Crippen molar-refractivity contribution in [3.63, 3.8) is 0 Å². The molecule has 3 aromatic rings. The number of hydrogen-bond acceptors (Lipinski definition) is 21. The lowest BCUT2D eigenvalue weighted by molar-refractivity contribution is -0.145. The number of anilines is 9. The van der Waals surface area contributed by atoms with Gasteiger partial charge in [-0.25, -0.2) is 14.5 Å². The summed E-state index contributed by atoms with van der Waals surface area (Å²) in [5, 5.41) is 80.6. The van der Waals surface area contributed by atoms with Crippen molar-refractivity contribution in [2.45, 2.75) is 45.4 Å². The summed E-state index contributed by atoms with van der Waals surface area (Å²) >= 11 is 15.5. The fraction of sp³-hybridized carbons (Fsp3) is 0.356. The number of imide groups is 1. The standard InChI is InChI=1S/C45H44I9N9O21/c1-16(70)82-10-22(76)55-34-25(46)35(58(13-67)4-19(73)7-64)27(48)38(26(34)47)61(23(77)11-83-17(2)71)39-28(49)36(59(14-68)5-20(74)8-65)29(50)40(32(39)53)62(24(78)12-84-18(3)72)41-30(51)37(60(15-69)6-21(75)9-66)31(52)42(33(41)54)63-44(80)56-43(79)57-45(63)81/h13-15,19-21,44,64-66,73-75,80H,4-12H2,1-3H3,(H,55,76)(H2,56,57,79,81). The van der Waals surface area contributed by atoms with E-state index < -0.39 is 132 Å². The van der Waals surface area contributed by atoms with Gasteiger partial charge in [0, 0.05) is 20.8 Å². The molecule has 10 amide bonds. The Morgan fingerprint density at radius 1 is 0.536 bits per heavy atom. The summed E-state index contributed by atoms with van der Waals surface area (Å²) in [6.07, 6.45) is -6.35. The molecule has 0 aromatic heterocycles. The molecule has 39 heteroatoms. The first-order valence-electron chi connectivity index (χ1n) is 23.0. The van der Waals surface area contributed by atoms with Crippen LogP contribution in [-0.2, 0) is 57.4 Å². The van der Waals surface area contributed by atoms with E-state index >= 15 is 9.59 Å². The zero-order valence-corrected chi connectivity index (χ0v) is 62.3. The van der Waals surface area contributed by atoms with Crippen molar-refractivity contribution in [3.8, 4) is 0 Å². The van der Waals surface area contributed by atoms with Crippen LogP contribution < -0.4 is 45.3 Å². The molecule has 1 aliphatic rings. The van der Waals surface area contributed by atoms with Crippen LogP contribution in [0.4, 0.5) is 60.8 Å². The molecule has 4 rings (SSSR count). The number of rotatable bonds is 27. The lowest BCUT2D eigenvalue weighted by Crippen LogP contribution is -2.64. The van der Waals surface area contributed by atoms with Gasteiger partial charge in [-0.1, -0.05) is 0 Å². The van der Waals surface area contributed by atoms with Crippen LogP contribution in [0.15, 0.2) is 0 Å².